The van der Waals surface area contributed by atoms with Crippen LogP contribution < -0.4 is 10.6 Å². The van der Waals surface area contributed by atoms with Crippen LogP contribution >= 0.6 is 0 Å². The van der Waals surface area contributed by atoms with Gasteiger partial charge in [0.15, 0.2) is 0 Å². The lowest BCUT2D eigenvalue weighted by atomic mass is 9.84. The van der Waals surface area contributed by atoms with Crippen molar-refractivity contribution in [2.45, 2.75) is 32.3 Å². The average Bonchev–Trinajstić information content (AvgIpc) is 2.42. The second-order valence-electron chi connectivity index (χ2n) is 5.32. The highest BCUT2D eigenvalue weighted by Gasteiger charge is 2.18. The predicted octanol–water partition coefficient (Wildman–Crippen LogP) is 1.47. The molecule has 0 radical (unpaired) electrons. The Balaban J connectivity index is 1.75. The van der Waals surface area contributed by atoms with Gasteiger partial charge in [0, 0.05) is 13.1 Å². The summed E-state index contributed by atoms with van der Waals surface area (Å²) in [5, 5.41) is 14.6. The number of aliphatic hydroxyl groups is 1. The summed E-state index contributed by atoms with van der Waals surface area (Å²) in [7, 11) is 0. The number of hydrogen-bond acceptors (Lipinski definition) is 2. The van der Waals surface area contributed by atoms with Gasteiger partial charge in [-0.3, -0.25) is 0 Å². The molecule has 2 rings (SSSR count). The lowest BCUT2D eigenvalue weighted by molar-refractivity contribution is 0.187. The molecule has 1 unspecified atom stereocenters. The van der Waals surface area contributed by atoms with Crippen molar-refractivity contribution in [3.05, 3.63) is 35.4 Å². The molecule has 2 amide bonds. The van der Waals surface area contributed by atoms with Crippen molar-refractivity contribution in [1.29, 1.82) is 0 Å². The maximum atomic E-state index is 11.5. The van der Waals surface area contributed by atoms with Gasteiger partial charge >= 0.3 is 6.03 Å². The topological polar surface area (TPSA) is 61.4 Å². The fourth-order valence-electron chi connectivity index (χ4n) is 2.49. The van der Waals surface area contributed by atoms with Gasteiger partial charge in [0.05, 0.1) is 6.10 Å². The molecule has 104 valence electrons. The Hall–Kier alpha value is -1.55. The molecule has 19 heavy (non-hydrogen) atoms. The zero-order valence-corrected chi connectivity index (χ0v) is 11.4. The number of rotatable bonds is 4. The molecule has 0 fully saturated rings. The van der Waals surface area contributed by atoms with Crippen molar-refractivity contribution in [2.75, 3.05) is 13.1 Å². The first-order chi connectivity index (χ1) is 9.15. The van der Waals surface area contributed by atoms with Crippen molar-refractivity contribution in [1.82, 2.24) is 10.6 Å². The highest BCUT2D eigenvalue weighted by molar-refractivity contribution is 5.73. The van der Waals surface area contributed by atoms with Gasteiger partial charge in [-0.2, -0.15) is 0 Å². The number of nitrogens with one attached hydrogen (secondary N) is 2. The average molecular weight is 262 g/mol. The number of carbonyl (C=O) groups is 1. The second kappa shape index (κ2) is 6.57. The van der Waals surface area contributed by atoms with E-state index in [1.54, 1.807) is 6.92 Å². The van der Waals surface area contributed by atoms with Crippen LogP contribution in [-0.4, -0.2) is 30.3 Å². The quantitative estimate of drug-likeness (QED) is 0.769. The van der Waals surface area contributed by atoms with Crippen LogP contribution in [0.4, 0.5) is 4.79 Å². The second-order valence-corrected chi connectivity index (χ2v) is 5.32. The summed E-state index contributed by atoms with van der Waals surface area (Å²) in [6.07, 6.45) is 2.74. The fourth-order valence-corrected chi connectivity index (χ4v) is 2.49. The molecule has 0 aromatic heterocycles. The van der Waals surface area contributed by atoms with E-state index >= 15 is 0 Å². The van der Waals surface area contributed by atoms with Crippen molar-refractivity contribution in [3.8, 4) is 0 Å². The van der Waals surface area contributed by atoms with Gasteiger partial charge in [-0.1, -0.05) is 24.3 Å². The van der Waals surface area contributed by atoms with Gasteiger partial charge in [0.1, 0.15) is 0 Å². The first-order valence-corrected chi connectivity index (χ1v) is 6.91. The largest absolute Gasteiger partial charge is 0.392 e. The first kappa shape index (κ1) is 13.9. The van der Waals surface area contributed by atoms with E-state index in [4.69, 9.17) is 5.11 Å². The van der Waals surface area contributed by atoms with E-state index in [0.717, 1.165) is 19.3 Å². The minimum absolute atomic E-state index is 0.195. The highest BCUT2D eigenvalue weighted by atomic mass is 16.3. The van der Waals surface area contributed by atoms with Crippen LogP contribution in [0.25, 0.3) is 0 Å². The number of fused-ring (bicyclic) bond motifs is 1. The zero-order valence-electron chi connectivity index (χ0n) is 11.4. The highest BCUT2D eigenvalue weighted by Crippen LogP contribution is 2.24. The first-order valence-electron chi connectivity index (χ1n) is 6.91. The Labute approximate surface area is 114 Å². The van der Waals surface area contributed by atoms with Gasteiger partial charge < -0.3 is 15.7 Å². The molecule has 1 aliphatic carbocycles. The lowest BCUT2D eigenvalue weighted by Gasteiger charge is -2.24. The van der Waals surface area contributed by atoms with Gasteiger partial charge in [-0.25, -0.2) is 4.79 Å². The van der Waals surface area contributed by atoms with Crippen molar-refractivity contribution in [2.24, 2.45) is 5.92 Å². The van der Waals surface area contributed by atoms with E-state index in [-0.39, 0.29) is 6.03 Å². The van der Waals surface area contributed by atoms with E-state index in [9.17, 15) is 4.79 Å². The molecule has 0 saturated heterocycles. The van der Waals surface area contributed by atoms with E-state index in [1.165, 1.54) is 11.1 Å². The monoisotopic (exact) mass is 262 g/mol. The third-order valence-electron chi connectivity index (χ3n) is 3.56. The number of aryl methyl sites for hydroxylation is 1. The number of carbonyl (C=O) groups excluding carboxylic acids is 1. The third kappa shape index (κ3) is 4.24. The number of benzene rings is 1. The van der Waals surface area contributed by atoms with Crippen LogP contribution in [-0.2, 0) is 12.8 Å². The molecule has 0 bridgehead atoms. The molecule has 4 nitrogen and oxygen atoms in total. The summed E-state index contributed by atoms with van der Waals surface area (Å²) in [5.41, 5.74) is 2.85. The van der Waals surface area contributed by atoms with Crippen LogP contribution in [0.3, 0.4) is 0 Å². The van der Waals surface area contributed by atoms with Gasteiger partial charge in [-0.05, 0) is 43.2 Å². The molecule has 4 heteroatoms. The molecular formula is C15H22N2O2. The van der Waals surface area contributed by atoms with Gasteiger partial charge in [0.25, 0.3) is 0 Å². The summed E-state index contributed by atoms with van der Waals surface area (Å²) in [5.74, 6) is 0.507. The molecule has 1 aromatic rings. The predicted molar refractivity (Wildman–Crippen MR) is 75.0 cm³/mol. The fraction of sp³-hybridized carbons (Fsp3) is 0.533. The maximum absolute atomic E-state index is 11.5. The Morgan fingerprint density at radius 2 is 2.11 bits per heavy atom. The summed E-state index contributed by atoms with van der Waals surface area (Å²) in [4.78, 5) is 11.5. The summed E-state index contributed by atoms with van der Waals surface area (Å²) >= 11 is 0. The molecule has 1 aromatic carbocycles. The number of amides is 2. The maximum Gasteiger partial charge on any atom is 0.314 e. The van der Waals surface area contributed by atoms with Gasteiger partial charge in [-0.15, -0.1) is 0 Å². The minimum Gasteiger partial charge on any atom is -0.392 e. The molecule has 1 aliphatic rings. The molecular weight excluding hydrogens is 240 g/mol. The molecule has 3 N–H and O–H groups in total. The minimum atomic E-state index is -0.507. The Kier molecular flexibility index (Phi) is 4.80. The van der Waals surface area contributed by atoms with E-state index in [2.05, 4.69) is 34.9 Å². The van der Waals surface area contributed by atoms with Gasteiger partial charge in [0.2, 0.25) is 0 Å². The molecule has 2 atom stereocenters. The smallest absolute Gasteiger partial charge is 0.314 e. The zero-order chi connectivity index (χ0) is 13.7. The molecule has 0 spiro atoms. The van der Waals surface area contributed by atoms with E-state index in [0.29, 0.717) is 19.0 Å². The van der Waals surface area contributed by atoms with E-state index < -0.39 is 6.10 Å². The Morgan fingerprint density at radius 1 is 1.37 bits per heavy atom. The Bertz CT molecular complexity index is 432. The van der Waals surface area contributed by atoms with Crippen LogP contribution in [0.15, 0.2) is 24.3 Å². The summed E-state index contributed by atoms with van der Waals surface area (Å²) in [6.45, 7) is 2.64. The molecule has 0 aliphatic heterocycles. The third-order valence-corrected chi connectivity index (χ3v) is 3.56. The van der Waals surface area contributed by atoms with Crippen LogP contribution in [0.1, 0.15) is 24.5 Å². The number of aliphatic hydroxyl groups excluding tert-OH is 1. The molecule has 0 saturated carbocycles. The van der Waals surface area contributed by atoms with Crippen molar-refractivity contribution < 1.29 is 9.90 Å². The van der Waals surface area contributed by atoms with Crippen LogP contribution in [0.2, 0.25) is 0 Å². The van der Waals surface area contributed by atoms with Crippen molar-refractivity contribution in [3.63, 3.8) is 0 Å². The summed E-state index contributed by atoms with van der Waals surface area (Å²) in [6, 6.07) is 8.33. The van der Waals surface area contributed by atoms with Crippen molar-refractivity contribution >= 4 is 6.03 Å². The van der Waals surface area contributed by atoms with Crippen LogP contribution in [0, 0.1) is 5.92 Å². The number of hydrogen-bond donors (Lipinski definition) is 3. The van der Waals surface area contributed by atoms with E-state index in [1.807, 2.05) is 0 Å². The Morgan fingerprint density at radius 3 is 2.84 bits per heavy atom. The standard InChI is InChI=1S/C15H22N2O2/c1-11(18)9-16-15(19)17-10-12-6-7-13-4-2-3-5-14(13)8-12/h2-5,11-12,18H,6-10H2,1H3,(H2,16,17,19)/t11-,12?/m1/s1. The lowest BCUT2D eigenvalue weighted by Crippen LogP contribution is -2.41. The van der Waals surface area contributed by atoms with Crippen LogP contribution in [0.5, 0.6) is 0 Å². The molecule has 0 heterocycles. The normalized spacial score (nSPS) is 19.4. The number of urea groups is 1. The summed E-state index contributed by atoms with van der Waals surface area (Å²) < 4.78 is 0. The SMILES string of the molecule is C[C@@H](O)CNC(=O)NCC1CCc2ccccc2C1.